The van der Waals surface area contributed by atoms with Gasteiger partial charge in [0.25, 0.3) is 0 Å². The average molecular weight is 510 g/mol. The number of carbonyl (C=O) groups excluding carboxylic acids is 2. The van der Waals surface area contributed by atoms with Gasteiger partial charge in [-0.25, -0.2) is 0 Å². The van der Waals surface area contributed by atoms with Gasteiger partial charge in [-0.05, 0) is 64.3 Å². The fourth-order valence-corrected chi connectivity index (χ4v) is 6.19. The van der Waals surface area contributed by atoms with E-state index >= 15 is 0 Å². The molecule has 0 aromatic heterocycles. The molecule has 0 spiro atoms. The summed E-state index contributed by atoms with van der Waals surface area (Å²) in [6, 6.07) is 24.7. The van der Waals surface area contributed by atoms with Crippen LogP contribution in [0.25, 0.3) is 11.1 Å². The monoisotopic (exact) mass is 509 g/mol. The lowest BCUT2D eigenvalue weighted by atomic mass is 9.84. The van der Waals surface area contributed by atoms with Crippen LogP contribution in [0.2, 0.25) is 0 Å². The molecule has 1 unspecified atom stereocenters. The number of hydrogen-bond donors (Lipinski definition) is 1. The fraction of sp³-hybridized carbons (Fsp3) is 0.394. The van der Waals surface area contributed by atoms with Crippen LogP contribution in [0, 0.1) is 11.3 Å². The number of nitrogens with zero attached hydrogens (tertiary/aromatic N) is 2. The molecule has 1 atom stereocenters. The van der Waals surface area contributed by atoms with Crippen LogP contribution in [0.1, 0.15) is 57.6 Å². The molecule has 38 heavy (non-hydrogen) atoms. The molecule has 3 aromatic rings. The zero-order chi connectivity index (χ0) is 26.9. The molecule has 5 rings (SSSR count). The predicted molar refractivity (Wildman–Crippen MR) is 155 cm³/mol. The largest absolute Gasteiger partial charge is 0.368 e. The van der Waals surface area contributed by atoms with Gasteiger partial charge in [0.15, 0.2) is 0 Å². The molecule has 1 aliphatic carbocycles. The summed E-state index contributed by atoms with van der Waals surface area (Å²) in [6.45, 7) is 11.7. The highest BCUT2D eigenvalue weighted by Gasteiger charge is 2.36. The molecule has 0 radical (unpaired) electrons. The summed E-state index contributed by atoms with van der Waals surface area (Å²) in [6.07, 6.45) is 1.55. The summed E-state index contributed by atoms with van der Waals surface area (Å²) in [5.41, 5.74) is 6.76. The lowest BCUT2D eigenvalue weighted by Gasteiger charge is -2.37. The van der Waals surface area contributed by atoms with E-state index < -0.39 is 0 Å². The van der Waals surface area contributed by atoms with E-state index in [0.29, 0.717) is 25.4 Å². The standard InChI is InChI=1S/C33H39N3O2/c1-23(22-33(2,3)4)21-30(37)34-24-13-15-25(16-14-24)35-17-19-36(20-18-35)32(38)31-28-11-7-5-9-26(28)27-10-6-8-12-29(27)31/h5-16,23,31H,17-22H2,1-4H3,(H,34,37). The maximum atomic E-state index is 13.7. The van der Waals surface area contributed by atoms with Crippen LogP contribution in [0.5, 0.6) is 0 Å². The second-order valence-electron chi connectivity index (χ2n) is 12.1. The van der Waals surface area contributed by atoms with E-state index in [1.807, 2.05) is 41.3 Å². The van der Waals surface area contributed by atoms with Crippen molar-refractivity contribution in [1.29, 1.82) is 0 Å². The van der Waals surface area contributed by atoms with Crippen molar-refractivity contribution < 1.29 is 9.59 Å². The van der Waals surface area contributed by atoms with Crippen molar-refractivity contribution >= 4 is 23.2 Å². The van der Waals surface area contributed by atoms with Gasteiger partial charge in [0, 0.05) is 44.0 Å². The van der Waals surface area contributed by atoms with E-state index in [2.05, 4.69) is 74.3 Å². The molecular formula is C33H39N3O2. The van der Waals surface area contributed by atoms with Gasteiger partial charge >= 0.3 is 0 Å². The maximum absolute atomic E-state index is 13.7. The lowest BCUT2D eigenvalue weighted by Crippen LogP contribution is -2.50. The van der Waals surface area contributed by atoms with Crippen molar-refractivity contribution in [2.45, 2.75) is 46.5 Å². The molecular weight excluding hydrogens is 470 g/mol. The Morgan fingerprint density at radius 1 is 0.842 bits per heavy atom. The van der Waals surface area contributed by atoms with Gasteiger partial charge in [-0.2, -0.15) is 0 Å². The van der Waals surface area contributed by atoms with E-state index in [0.717, 1.165) is 42.0 Å². The highest BCUT2D eigenvalue weighted by atomic mass is 16.2. The number of hydrogen-bond acceptors (Lipinski definition) is 3. The molecule has 1 N–H and O–H groups in total. The number of benzene rings is 3. The van der Waals surface area contributed by atoms with Gasteiger partial charge in [-0.15, -0.1) is 0 Å². The Balaban J connectivity index is 1.17. The smallest absolute Gasteiger partial charge is 0.234 e. The molecule has 1 fully saturated rings. The number of amides is 2. The maximum Gasteiger partial charge on any atom is 0.234 e. The van der Waals surface area contributed by atoms with Crippen LogP contribution in [0.3, 0.4) is 0 Å². The third-order valence-corrected chi connectivity index (χ3v) is 7.68. The van der Waals surface area contributed by atoms with E-state index in [1.165, 1.54) is 11.1 Å². The summed E-state index contributed by atoms with van der Waals surface area (Å²) in [5, 5.41) is 3.05. The van der Waals surface area contributed by atoms with Crippen molar-refractivity contribution in [3.8, 4) is 11.1 Å². The molecule has 1 heterocycles. The zero-order valence-corrected chi connectivity index (χ0v) is 23.0. The minimum absolute atomic E-state index is 0.0664. The van der Waals surface area contributed by atoms with Gasteiger partial charge in [0.1, 0.15) is 0 Å². The van der Waals surface area contributed by atoms with E-state index in [1.54, 1.807) is 0 Å². The Labute approximate surface area is 226 Å². The third kappa shape index (κ3) is 5.62. The molecule has 2 amide bonds. The predicted octanol–water partition coefficient (Wildman–Crippen LogP) is 6.55. The van der Waals surface area contributed by atoms with Crippen molar-refractivity contribution in [2.24, 2.45) is 11.3 Å². The van der Waals surface area contributed by atoms with Gasteiger partial charge in [0.05, 0.1) is 5.92 Å². The van der Waals surface area contributed by atoms with E-state index in [-0.39, 0.29) is 23.1 Å². The highest BCUT2D eigenvalue weighted by Crippen LogP contribution is 2.45. The molecule has 3 aromatic carbocycles. The topological polar surface area (TPSA) is 52.7 Å². The molecule has 0 bridgehead atoms. The number of fused-ring (bicyclic) bond motifs is 3. The first kappa shape index (κ1) is 26.0. The molecule has 1 saturated heterocycles. The van der Waals surface area contributed by atoms with Crippen LogP contribution in [0.4, 0.5) is 11.4 Å². The molecule has 0 saturated carbocycles. The van der Waals surface area contributed by atoms with Crippen molar-refractivity contribution in [3.63, 3.8) is 0 Å². The number of rotatable bonds is 6. The highest BCUT2D eigenvalue weighted by molar-refractivity contribution is 5.96. The SMILES string of the molecule is CC(CC(=O)Nc1ccc(N2CCN(C(=O)C3c4ccccc4-c4ccccc43)CC2)cc1)CC(C)(C)C. The number of nitrogens with one attached hydrogen (secondary N) is 1. The summed E-state index contributed by atoms with van der Waals surface area (Å²) in [4.78, 5) is 30.6. The summed E-state index contributed by atoms with van der Waals surface area (Å²) < 4.78 is 0. The molecule has 5 nitrogen and oxygen atoms in total. The molecule has 5 heteroatoms. The minimum atomic E-state index is -0.219. The average Bonchev–Trinajstić information content (AvgIpc) is 3.22. The first-order chi connectivity index (χ1) is 18.2. The molecule has 1 aliphatic heterocycles. The van der Waals surface area contributed by atoms with Gasteiger partial charge in [-0.3, -0.25) is 9.59 Å². The van der Waals surface area contributed by atoms with E-state index in [9.17, 15) is 9.59 Å². The Kier molecular flexibility index (Phi) is 7.29. The summed E-state index contributed by atoms with van der Waals surface area (Å²) in [7, 11) is 0. The Morgan fingerprint density at radius 3 is 1.95 bits per heavy atom. The molecule has 198 valence electrons. The van der Waals surface area contributed by atoms with Crippen LogP contribution in [-0.4, -0.2) is 42.9 Å². The van der Waals surface area contributed by atoms with Crippen LogP contribution >= 0.6 is 0 Å². The third-order valence-electron chi connectivity index (χ3n) is 7.68. The normalized spacial score (nSPS) is 16.1. The zero-order valence-electron chi connectivity index (χ0n) is 23.0. The first-order valence-corrected chi connectivity index (χ1v) is 13.8. The van der Waals surface area contributed by atoms with Crippen molar-refractivity contribution in [3.05, 3.63) is 83.9 Å². The van der Waals surface area contributed by atoms with Crippen LogP contribution in [0.15, 0.2) is 72.8 Å². The van der Waals surface area contributed by atoms with Gasteiger partial charge in [0.2, 0.25) is 11.8 Å². The number of piperazine rings is 1. The van der Waals surface area contributed by atoms with Crippen LogP contribution < -0.4 is 10.2 Å². The Hall–Kier alpha value is -3.60. The quantitative estimate of drug-likeness (QED) is 0.410. The van der Waals surface area contributed by atoms with Crippen molar-refractivity contribution in [1.82, 2.24) is 4.90 Å². The first-order valence-electron chi connectivity index (χ1n) is 13.8. The summed E-state index contributed by atoms with van der Waals surface area (Å²) >= 11 is 0. The Morgan fingerprint density at radius 2 is 1.39 bits per heavy atom. The number of anilines is 2. The molecule has 2 aliphatic rings. The minimum Gasteiger partial charge on any atom is -0.368 e. The summed E-state index contributed by atoms with van der Waals surface area (Å²) in [5.74, 6) is 0.389. The van der Waals surface area contributed by atoms with Gasteiger partial charge < -0.3 is 15.1 Å². The van der Waals surface area contributed by atoms with Gasteiger partial charge in [-0.1, -0.05) is 76.2 Å². The lowest BCUT2D eigenvalue weighted by molar-refractivity contribution is -0.132. The number of carbonyl (C=O) groups is 2. The van der Waals surface area contributed by atoms with E-state index in [4.69, 9.17) is 0 Å². The second-order valence-corrected chi connectivity index (χ2v) is 12.1. The Bertz CT molecular complexity index is 1250. The van der Waals surface area contributed by atoms with Crippen LogP contribution in [-0.2, 0) is 9.59 Å². The van der Waals surface area contributed by atoms with Crippen molar-refractivity contribution in [2.75, 3.05) is 36.4 Å². The fourth-order valence-electron chi connectivity index (χ4n) is 6.19. The second kappa shape index (κ2) is 10.6.